The molecule has 4 unspecified atom stereocenters. The monoisotopic (exact) mass is 691 g/mol. The van der Waals surface area contributed by atoms with Gasteiger partial charge in [-0.1, -0.05) is 60.6 Å². The number of alkyl halides is 2. The van der Waals surface area contributed by atoms with Crippen molar-refractivity contribution in [1.29, 1.82) is 0 Å². The maximum atomic E-state index is 14.0. The van der Waals surface area contributed by atoms with E-state index in [9.17, 15) is 22.0 Å². The van der Waals surface area contributed by atoms with E-state index >= 15 is 0 Å². The summed E-state index contributed by atoms with van der Waals surface area (Å²) < 4.78 is 76.6. The molecule has 7 nitrogen and oxygen atoms in total. The second-order valence-corrected chi connectivity index (χ2v) is 17.7. The van der Waals surface area contributed by atoms with Crippen LogP contribution in [0.1, 0.15) is 83.8 Å². The van der Waals surface area contributed by atoms with Gasteiger partial charge in [0.25, 0.3) is 0 Å². The van der Waals surface area contributed by atoms with E-state index < -0.39 is 44.1 Å². The van der Waals surface area contributed by atoms with Crippen molar-refractivity contribution >= 4 is 27.0 Å². The van der Waals surface area contributed by atoms with Gasteiger partial charge >= 0.3 is 21.3 Å². The number of ether oxygens (including phenoxy) is 3. The molecule has 4 rings (SSSR count). The molecule has 1 heterocycles. The van der Waals surface area contributed by atoms with Crippen molar-refractivity contribution < 1.29 is 40.8 Å². The molecule has 0 bridgehead atoms. The second-order valence-electron chi connectivity index (χ2n) is 14.2. The number of esters is 1. The molecule has 0 aromatic heterocycles. The molecule has 1 aliphatic rings. The minimum atomic E-state index is -5.77. The van der Waals surface area contributed by atoms with Crippen LogP contribution in [-0.4, -0.2) is 43.0 Å². The summed E-state index contributed by atoms with van der Waals surface area (Å²) in [4.78, 5) is 15.5. The Hall–Kier alpha value is -2.83. The van der Waals surface area contributed by atoms with Gasteiger partial charge in [-0.05, 0) is 91.4 Å². The van der Waals surface area contributed by atoms with Crippen molar-refractivity contribution in [3.8, 4) is 0 Å². The topological polar surface area (TPSA) is 99.1 Å². The first-order chi connectivity index (χ1) is 21.6. The Morgan fingerprint density at radius 1 is 0.894 bits per heavy atom. The first kappa shape index (κ1) is 37.0. The smallest absolute Gasteiger partial charge is 0.405 e. The quantitative estimate of drug-likeness (QED) is 0.137. The summed E-state index contributed by atoms with van der Waals surface area (Å²) in [7, 11) is -6.40. The minimum absolute atomic E-state index is 0.00402. The zero-order valence-corrected chi connectivity index (χ0v) is 30.0. The van der Waals surface area contributed by atoms with E-state index in [2.05, 4.69) is 72.7 Å². The van der Waals surface area contributed by atoms with Crippen molar-refractivity contribution in [3.63, 3.8) is 0 Å². The predicted molar refractivity (Wildman–Crippen MR) is 178 cm³/mol. The molecule has 47 heavy (non-hydrogen) atoms. The van der Waals surface area contributed by atoms with E-state index in [1.807, 2.05) is 31.2 Å². The lowest BCUT2D eigenvalue weighted by Gasteiger charge is -2.49. The standard InChI is InChI=1S/C36H44F2O7S2/c1-23(2)31-34(7,8)22-43-35(9,45-31)27-14-20-30(21-15-27)46(29-18-12-26(13-19-29)33(4,5)6)28-16-10-25(11-17-28)32(39)44-24(3)36(37,38)47(40,41)42/h10-21,23-24,31H,22H2,1-9H3/p+1. The van der Waals surface area contributed by atoms with Crippen LogP contribution in [0.15, 0.2) is 87.5 Å². The lowest BCUT2D eigenvalue weighted by molar-refractivity contribution is -0.337. The first-order valence-corrected chi connectivity index (χ1v) is 18.2. The predicted octanol–water partition coefficient (Wildman–Crippen LogP) is 8.38. The molecule has 11 heteroatoms. The highest BCUT2D eigenvalue weighted by atomic mass is 32.2. The van der Waals surface area contributed by atoms with Gasteiger partial charge in [-0.3, -0.25) is 4.55 Å². The van der Waals surface area contributed by atoms with Gasteiger partial charge in [0.15, 0.2) is 26.6 Å². The lowest BCUT2D eigenvalue weighted by Crippen LogP contribution is -2.52. The van der Waals surface area contributed by atoms with E-state index in [1.54, 1.807) is 12.1 Å². The largest absolute Gasteiger partial charge is 0.451 e. The molecule has 0 aliphatic carbocycles. The van der Waals surface area contributed by atoms with E-state index in [-0.39, 0.29) is 22.5 Å². The third kappa shape index (κ3) is 7.91. The Bertz CT molecular complexity index is 1660. The highest BCUT2D eigenvalue weighted by Crippen LogP contribution is 2.44. The number of rotatable bonds is 9. The van der Waals surface area contributed by atoms with Crippen molar-refractivity contribution in [3.05, 3.63) is 89.5 Å². The molecule has 0 radical (unpaired) electrons. The summed E-state index contributed by atoms with van der Waals surface area (Å²) in [6.07, 6.45) is -2.40. The van der Waals surface area contributed by atoms with Crippen LogP contribution in [0.2, 0.25) is 0 Å². The van der Waals surface area contributed by atoms with E-state index in [1.165, 1.54) is 17.7 Å². The fourth-order valence-electron chi connectivity index (χ4n) is 5.66. The third-order valence-electron chi connectivity index (χ3n) is 8.44. The van der Waals surface area contributed by atoms with E-state index in [4.69, 9.17) is 18.8 Å². The Labute approximate surface area is 280 Å². The molecule has 1 saturated heterocycles. The first-order valence-electron chi connectivity index (χ1n) is 15.5. The van der Waals surface area contributed by atoms with Crippen molar-refractivity contribution in [1.82, 2.24) is 0 Å². The molecule has 3 aromatic rings. The number of halogens is 2. The molecule has 1 fully saturated rings. The SMILES string of the molecule is CC(C)C1OC(C)(c2ccc([S+](c3ccc(C(=O)OC(C)C(F)(F)S(=O)(=O)O)cc3)c3ccc(C(C)(C)C)cc3)cc2)OCC1(C)C. The zero-order chi connectivity index (χ0) is 35.2. The second kappa shape index (κ2) is 13.2. The molecule has 0 saturated carbocycles. The molecular weight excluding hydrogens is 647 g/mol. The van der Waals surface area contributed by atoms with Gasteiger partial charge in [0.05, 0.1) is 29.2 Å². The van der Waals surface area contributed by atoms with Crippen LogP contribution in [0.4, 0.5) is 8.78 Å². The highest BCUT2D eigenvalue weighted by Gasteiger charge is 2.52. The van der Waals surface area contributed by atoms with Crippen molar-refractivity contribution in [2.45, 2.75) is 106 Å². The Balaban J connectivity index is 1.67. The van der Waals surface area contributed by atoms with Crippen LogP contribution >= 0.6 is 0 Å². The molecular formula is C36H45F2O7S2+. The normalized spacial score (nSPS) is 21.7. The van der Waals surface area contributed by atoms with Gasteiger partial charge in [-0.25, -0.2) is 4.79 Å². The summed E-state index contributed by atoms with van der Waals surface area (Å²) >= 11 is 0. The van der Waals surface area contributed by atoms with Crippen molar-refractivity contribution in [2.24, 2.45) is 11.3 Å². The average Bonchev–Trinajstić information content (AvgIpc) is 2.98. The Morgan fingerprint density at radius 3 is 1.81 bits per heavy atom. The number of hydrogen-bond acceptors (Lipinski definition) is 6. The van der Waals surface area contributed by atoms with Gasteiger partial charge in [-0.2, -0.15) is 17.2 Å². The summed E-state index contributed by atoms with van der Waals surface area (Å²) in [6, 6.07) is 22.8. The van der Waals surface area contributed by atoms with Crippen LogP contribution in [0.5, 0.6) is 0 Å². The van der Waals surface area contributed by atoms with Gasteiger partial charge in [0.2, 0.25) is 0 Å². The molecule has 0 amide bonds. The summed E-state index contributed by atoms with van der Waals surface area (Å²) in [5.41, 5.74) is 1.85. The van der Waals surface area contributed by atoms with Crippen LogP contribution < -0.4 is 0 Å². The molecule has 4 atom stereocenters. The van der Waals surface area contributed by atoms with Crippen LogP contribution in [-0.2, 0) is 46.4 Å². The van der Waals surface area contributed by atoms with Crippen LogP contribution in [0.25, 0.3) is 0 Å². The van der Waals surface area contributed by atoms with Crippen LogP contribution in [0.3, 0.4) is 0 Å². The number of carbonyl (C=O) groups excluding carboxylic acids is 1. The highest BCUT2D eigenvalue weighted by molar-refractivity contribution is 7.97. The maximum absolute atomic E-state index is 14.0. The summed E-state index contributed by atoms with van der Waals surface area (Å²) in [5.74, 6) is -1.76. The molecule has 1 aliphatic heterocycles. The van der Waals surface area contributed by atoms with Crippen molar-refractivity contribution in [2.75, 3.05) is 6.61 Å². The molecule has 1 N–H and O–H groups in total. The number of carbonyl (C=O) groups is 1. The third-order valence-corrected chi connectivity index (χ3v) is 11.7. The van der Waals surface area contributed by atoms with Gasteiger partial charge < -0.3 is 14.2 Å². The Kier molecular flexibility index (Phi) is 10.4. The summed E-state index contributed by atoms with van der Waals surface area (Å²) in [5, 5.41) is -4.66. The average molecular weight is 692 g/mol. The fourth-order valence-corrected chi connectivity index (χ4v) is 8.17. The van der Waals surface area contributed by atoms with E-state index in [0.29, 0.717) is 19.4 Å². The fraction of sp³-hybridized carbons (Fsp3) is 0.472. The molecule has 256 valence electrons. The Morgan fingerprint density at radius 2 is 1.36 bits per heavy atom. The van der Waals surface area contributed by atoms with Gasteiger partial charge in [-0.15, -0.1) is 0 Å². The zero-order valence-electron chi connectivity index (χ0n) is 28.3. The van der Waals surface area contributed by atoms with E-state index in [0.717, 1.165) is 20.2 Å². The number of hydrogen-bond donors (Lipinski definition) is 1. The molecule has 3 aromatic carbocycles. The summed E-state index contributed by atoms with van der Waals surface area (Å²) in [6.45, 7) is 18.2. The minimum Gasteiger partial charge on any atom is -0.451 e. The van der Waals surface area contributed by atoms with Crippen LogP contribution in [0, 0.1) is 11.3 Å². The maximum Gasteiger partial charge on any atom is 0.405 e. The lowest BCUT2D eigenvalue weighted by atomic mass is 9.80. The van der Waals surface area contributed by atoms with Gasteiger partial charge in [0.1, 0.15) is 0 Å². The molecule has 0 spiro atoms. The number of benzene rings is 3. The van der Waals surface area contributed by atoms with Gasteiger partial charge in [0, 0.05) is 11.0 Å².